The first-order valence-corrected chi connectivity index (χ1v) is 7.26. The second kappa shape index (κ2) is 6.08. The van der Waals surface area contributed by atoms with Crippen molar-refractivity contribution in [2.24, 2.45) is 0 Å². The summed E-state index contributed by atoms with van der Waals surface area (Å²) in [5, 5.41) is 0.795. The van der Waals surface area contributed by atoms with Gasteiger partial charge in [-0.3, -0.25) is 0 Å². The van der Waals surface area contributed by atoms with E-state index in [1.54, 1.807) is 13.2 Å². The lowest BCUT2D eigenvalue weighted by molar-refractivity contribution is 0.0603. The molecule has 1 heterocycles. The molecule has 3 aromatic rings. The third-order valence-corrected chi connectivity index (χ3v) is 3.73. The number of nitrogens with zero attached hydrogens (tertiary/aromatic N) is 1. The average Bonchev–Trinajstić information content (AvgIpc) is 2.60. The standard InChI is InChI=1S/C19H17NO3/c1-12-7-8-17-15(9-12)16(19(21)23-3)11-18(20-17)13-5-4-6-14(10-13)22-2/h4-11H,1-3H3. The van der Waals surface area contributed by atoms with Crippen molar-refractivity contribution in [2.75, 3.05) is 14.2 Å². The van der Waals surface area contributed by atoms with Crippen LogP contribution < -0.4 is 4.74 Å². The molecular formula is C19H17NO3. The van der Waals surface area contributed by atoms with E-state index in [9.17, 15) is 4.79 Å². The quantitative estimate of drug-likeness (QED) is 0.686. The Kier molecular flexibility index (Phi) is 3.98. The van der Waals surface area contributed by atoms with Crippen molar-refractivity contribution in [3.63, 3.8) is 0 Å². The van der Waals surface area contributed by atoms with Crippen molar-refractivity contribution < 1.29 is 14.3 Å². The number of hydrogen-bond donors (Lipinski definition) is 0. The molecule has 0 saturated heterocycles. The Morgan fingerprint density at radius 1 is 1.04 bits per heavy atom. The highest BCUT2D eigenvalue weighted by atomic mass is 16.5. The second-order valence-electron chi connectivity index (χ2n) is 5.30. The molecule has 0 unspecified atom stereocenters. The van der Waals surface area contributed by atoms with Crippen molar-refractivity contribution in [3.8, 4) is 17.0 Å². The molecule has 0 bridgehead atoms. The van der Waals surface area contributed by atoms with Gasteiger partial charge in [-0.15, -0.1) is 0 Å². The number of aryl methyl sites for hydroxylation is 1. The molecule has 1 aromatic heterocycles. The number of ether oxygens (including phenoxy) is 2. The minimum Gasteiger partial charge on any atom is -0.497 e. The molecule has 0 aliphatic heterocycles. The number of benzene rings is 2. The highest BCUT2D eigenvalue weighted by Crippen LogP contribution is 2.28. The molecule has 0 radical (unpaired) electrons. The predicted octanol–water partition coefficient (Wildman–Crippen LogP) is 4.01. The minimum absolute atomic E-state index is 0.368. The fourth-order valence-corrected chi connectivity index (χ4v) is 2.55. The van der Waals surface area contributed by atoms with Gasteiger partial charge in [-0.1, -0.05) is 23.8 Å². The number of carbonyl (C=O) groups is 1. The number of aromatic nitrogens is 1. The molecule has 0 aliphatic rings. The minimum atomic E-state index is -0.368. The van der Waals surface area contributed by atoms with Crippen LogP contribution in [0.5, 0.6) is 5.75 Å². The number of carbonyl (C=O) groups excluding carboxylic acids is 1. The SMILES string of the molecule is COC(=O)c1cc(-c2cccc(OC)c2)nc2ccc(C)cc12. The largest absolute Gasteiger partial charge is 0.497 e. The Balaban J connectivity index is 2.26. The van der Waals surface area contributed by atoms with Crippen molar-refractivity contribution in [2.45, 2.75) is 6.92 Å². The lowest BCUT2D eigenvalue weighted by Gasteiger charge is -2.10. The lowest BCUT2D eigenvalue weighted by Crippen LogP contribution is -2.04. The zero-order valence-corrected chi connectivity index (χ0v) is 13.3. The van der Waals surface area contributed by atoms with Gasteiger partial charge in [-0.25, -0.2) is 9.78 Å². The normalized spacial score (nSPS) is 10.6. The molecule has 116 valence electrons. The summed E-state index contributed by atoms with van der Waals surface area (Å²) < 4.78 is 10.2. The summed E-state index contributed by atoms with van der Waals surface area (Å²) in [6.07, 6.45) is 0. The fraction of sp³-hybridized carbons (Fsp3) is 0.158. The maximum atomic E-state index is 12.2. The molecule has 0 fully saturated rings. The van der Waals surface area contributed by atoms with Gasteiger partial charge < -0.3 is 9.47 Å². The molecule has 4 nitrogen and oxygen atoms in total. The van der Waals surface area contributed by atoms with Gasteiger partial charge in [0.15, 0.2) is 0 Å². The number of esters is 1. The van der Waals surface area contributed by atoms with Gasteiger partial charge in [0.05, 0.1) is 31.0 Å². The molecule has 0 spiro atoms. The summed E-state index contributed by atoms with van der Waals surface area (Å²) in [5.41, 5.74) is 3.94. The Hall–Kier alpha value is -2.88. The van der Waals surface area contributed by atoms with Crippen LogP contribution in [0.4, 0.5) is 0 Å². The fourth-order valence-electron chi connectivity index (χ4n) is 2.55. The third-order valence-electron chi connectivity index (χ3n) is 3.73. The summed E-state index contributed by atoms with van der Waals surface area (Å²) in [5.74, 6) is 0.375. The van der Waals surface area contributed by atoms with Crippen LogP contribution in [-0.4, -0.2) is 25.2 Å². The molecule has 0 amide bonds. The van der Waals surface area contributed by atoms with Crippen molar-refractivity contribution in [1.82, 2.24) is 4.98 Å². The highest BCUT2D eigenvalue weighted by Gasteiger charge is 2.14. The lowest BCUT2D eigenvalue weighted by atomic mass is 10.0. The van der Waals surface area contributed by atoms with Gasteiger partial charge in [0.2, 0.25) is 0 Å². The van der Waals surface area contributed by atoms with E-state index >= 15 is 0 Å². The average molecular weight is 307 g/mol. The Morgan fingerprint density at radius 3 is 2.61 bits per heavy atom. The number of methoxy groups -OCH3 is 2. The molecule has 0 N–H and O–H groups in total. The second-order valence-corrected chi connectivity index (χ2v) is 5.30. The first-order valence-electron chi connectivity index (χ1n) is 7.26. The van der Waals surface area contributed by atoms with Crippen LogP contribution >= 0.6 is 0 Å². The molecule has 2 aromatic carbocycles. The first-order chi connectivity index (χ1) is 11.1. The Labute approximate surface area is 134 Å². The van der Waals surface area contributed by atoms with Gasteiger partial charge in [-0.2, -0.15) is 0 Å². The predicted molar refractivity (Wildman–Crippen MR) is 89.8 cm³/mol. The summed E-state index contributed by atoms with van der Waals surface area (Å²) in [4.78, 5) is 16.8. The van der Waals surface area contributed by atoms with Crippen LogP contribution in [0.15, 0.2) is 48.5 Å². The summed E-state index contributed by atoms with van der Waals surface area (Å²) in [7, 11) is 3.01. The van der Waals surface area contributed by atoms with E-state index in [0.29, 0.717) is 11.3 Å². The third kappa shape index (κ3) is 2.88. The Morgan fingerprint density at radius 2 is 1.87 bits per heavy atom. The maximum Gasteiger partial charge on any atom is 0.338 e. The topological polar surface area (TPSA) is 48.4 Å². The number of hydrogen-bond acceptors (Lipinski definition) is 4. The van der Waals surface area contributed by atoms with E-state index in [2.05, 4.69) is 4.98 Å². The van der Waals surface area contributed by atoms with E-state index in [1.165, 1.54) is 7.11 Å². The van der Waals surface area contributed by atoms with Crippen LogP contribution in [0.2, 0.25) is 0 Å². The molecule has 3 rings (SSSR count). The smallest absolute Gasteiger partial charge is 0.338 e. The van der Waals surface area contributed by atoms with Gasteiger partial charge in [0.25, 0.3) is 0 Å². The zero-order valence-electron chi connectivity index (χ0n) is 13.3. The summed E-state index contributed by atoms with van der Waals surface area (Å²) >= 11 is 0. The van der Waals surface area contributed by atoms with Crippen LogP contribution in [0.3, 0.4) is 0 Å². The molecule has 0 saturated carbocycles. The number of rotatable bonds is 3. The van der Waals surface area contributed by atoms with Gasteiger partial charge >= 0.3 is 5.97 Å². The van der Waals surface area contributed by atoms with Gasteiger partial charge in [0, 0.05) is 10.9 Å². The van der Waals surface area contributed by atoms with Gasteiger partial charge in [-0.05, 0) is 37.3 Å². The zero-order chi connectivity index (χ0) is 16.4. The monoisotopic (exact) mass is 307 g/mol. The molecule has 4 heteroatoms. The van der Waals surface area contributed by atoms with Crippen molar-refractivity contribution >= 4 is 16.9 Å². The number of fused-ring (bicyclic) bond motifs is 1. The van der Waals surface area contributed by atoms with E-state index in [-0.39, 0.29) is 5.97 Å². The van der Waals surface area contributed by atoms with Crippen LogP contribution in [0.1, 0.15) is 15.9 Å². The van der Waals surface area contributed by atoms with Crippen LogP contribution in [0.25, 0.3) is 22.2 Å². The molecular weight excluding hydrogens is 290 g/mol. The van der Waals surface area contributed by atoms with Crippen molar-refractivity contribution in [1.29, 1.82) is 0 Å². The summed E-state index contributed by atoms with van der Waals surface area (Å²) in [6.45, 7) is 1.98. The van der Waals surface area contributed by atoms with Crippen LogP contribution in [-0.2, 0) is 4.74 Å². The maximum absolute atomic E-state index is 12.2. The molecule has 23 heavy (non-hydrogen) atoms. The highest BCUT2D eigenvalue weighted by molar-refractivity contribution is 6.04. The first kappa shape index (κ1) is 15.0. The van der Waals surface area contributed by atoms with Gasteiger partial charge in [0.1, 0.15) is 5.75 Å². The molecule has 0 aliphatic carbocycles. The van der Waals surface area contributed by atoms with E-state index in [1.807, 2.05) is 49.4 Å². The molecule has 0 atom stereocenters. The van der Waals surface area contributed by atoms with E-state index in [0.717, 1.165) is 27.8 Å². The summed E-state index contributed by atoms with van der Waals surface area (Å²) in [6, 6.07) is 15.2. The van der Waals surface area contributed by atoms with Crippen molar-refractivity contribution in [3.05, 3.63) is 59.7 Å². The van der Waals surface area contributed by atoms with Crippen LogP contribution in [0, 0.1) is 6.92 Å². The van der Waals surface area contributed by atoms with E-state index in [4.69, 9.17) is 9.47 Å². The number of pyridine rings is 1. The Bertz CT molecular complexity index is 887. The van der Waals surface area contributed by atoms with E-state index < -0.39 is 0 Å².